The van der Waals surface area contributed by atoms with E-state index in [2.05, 4.69) is 0 Å². The second-order valence-corrected chi connectivity index (χ2v) is 4.31. The molecule has 0 aromatic carbocycles. The molecule has 0 saturated heterocycles. The monoisotopic (exact) mass is 260 g/mol. The molecular formula is C12H24N2O4. The Kier molecular flexibility index (Phi) is 7.16. The van der Waals surface area contributed by atoms with Crippen molar-refractivity contribution in [3.63, 3.8) is 0 Å². The molecule has 0 aromatic heterocycles. The molecule has 0 fully saturated rings. The van der Waals surface area contributed by atoms with Crippen molar-refractivity contribution in [2.24, 2.45) is 0 Å². The van der Waals surface area contributed by atoms with Crippen LogP contribution in [0.3, 0.4) is 0 Å². The molecule has 0 spiro atoms. The Morgan fingerprint density at radius 1 is 1.22 bits per heavy atom. The van der Waals surface area contributed by atoms with Crippen LogP contribution in [0.4, 0.5) is 9.59 Å². The average Bonchev–Trinajstić information content (AvgIpc) is 2.28. The average molecular weight is 260 g/mol. The molecule has 6 heteroatoms. The fraction of sp³-hybridized carbons (Fsp3) is 0.833. The van der Waals surface area contributed by atoms with Crippen molar-refractivity contribution in [3.05, 3.63) is 0 Å². The van der Waals surface area contributed by atoms with E-state index in [-0.39, 0.29) is 18.2 Å². The van der Waals surface area contributed by atoms with Gasteiger partial charge in [-0.15, -0.1) is 0 Å². The van der Waals surface area contributed by atoms with Gasteiger partial charge in [0, 0.05) is 25.7 Å². The highest BCUT2D eigenvalue weighted by Gasteiger charge is 2.23. The van der Waals surface area contributed by atoms with Crippen LogP contribution in [0.1, 0.15) is 34.1 Å². The summed E-state index contributed by atoms with van der Waals surface area (Å²) in [6, 6.07) is -0.216. The summed E-state index contributed by atoms with van der Waals surface area (Å²) in [7, 11) is 1.66. The first-order valence-electron chi connectivity index (χ1n) is 6.24. The predicted octanol–water partition coefficient (Wildman–Crippen LogP) is 2.24. The lowest BCUT2D eigenvalue weighted by Gasteiger charge is -2.31. The Morgan fingerprint density at radius 3 is 2.17 bits per heavy atom. The first-order valence-corrected chi connectivity index (χ1v) is 6.24. The van der Waals surface area contributed by atoms with Gasteiger partial charge >= 0.3 is 12.2 Å². The smallest absolute Gasteiger partial charge is 0.409 e. The van der Waals surface area contributed by atoms with Crippen molar-refractivity contribution in [2.45, 2.75) is 46.2 Å². The molecule has 2 unspecified atom stereocenters. The molecule has 2 amide bonds. The predicted molar refractivity (Wildman–Crippen MR) is 68.7 cm³/mol. The van der Waals surface area contributed by atoms with E-state index in [1.165, 1.54) is 9.80 Å². The van der Waals surface area contributed by atoms with Gasteiger partial charge in [0.15, 0.2) is 0 Å². The minimum atomic E-state index is -0.934. The fourth-order valence-corrected chi connectivity index (χ4v) is 1.82. The molecule has 18 heavy (non-hydrogen) atoms. The minimum absolute atomic E-state index is 0.0764. The molecule has 0 radical (unpaired) electrons. The van der Waals surface area contributed by atoms with Crippen molar-refractivity contribution in [1.29, 1.82) is 0 Å². The molecule has 0 aliphatic carbocycles. The number of hydrogen-bond donors (Lipinski definition) is 1. The maximum absolute atomic E-state index is 11.5. The Bertz CT molecular complexity index is 283. The van der Waals surface area contributed by atoms with Crippen molar-refractivity contribution in [2.75, 3.05) is 20.2 Å². The van der Waals surface area contributed by atoms with Crippen LogP contribution in [0.15, 0.2) is 0 Å². The Balaban J connectivity index is 4.41. The molecular weight excluding hydrogens is 236 g/mol. The summed E-state index contributed by atoms with van der Waals surface area (Å²) in [4.78, 5) is 25.3. The summed E-state index contributed by atoms with van der Waals surface area (Å²) >= 11 is 0. The zero-order chi connectivity index (χ0) is 14.3. The van der Waals surface area contributed by atoms with Gasteiger partial charge < -0.3 is 19.6 Å². The van der Waals surface area contributed by atoms with Crippen LogP contribution < -0.4 is 0 Å². The third kappa shape index (κ3) is 4.81. The molecule has 0 saturated carbocycles. The highest BCUT2D eigenvalue weighted by molar-refractivity contribution is 5.67. The van der Waals surface area contributed by atoms with E-state index in [4.69, 9.17) is 9.84 Å². The quantitative estimate of drug-likeness (QED) is 0.795. The maximum Gasteiger partial charge on any atom is 0.409 e. The largest absolute Gasteiger partial charge is 0.465 e. The summed E-state index contributed by atoms with van der Waals surface area (Å²) in [5.41, 5.74) is 0. The summed E-state index contributed by atoms with van der Waals surface area (Å²) in [6.07, 6.45) is -0.735. The number of carbonyl (C=O) groups excluding carboxylic acids is 1. The standard InChI is InChI=1S/C12H24N2O4/c1-6-14(11(15)16)10(4)8-9(3)13(5)12(17)18-7-2/h9-10H,6-8H2,1-5H3,(H,15,16). The lowest BCUT2D eigenvalue weighted by atomic mass is 10.1. The van der Waals surface area contributed by atoms with E-state index in [0.29, 0.717) is 19.6 Å². The van der Waals surface area contributed by atoms with E-state index in [9.17, 15) is 9.59 Å². The van der Waals surface area contributed by atoms with E-state index >= 15 is 0 Å². The molecule has 0 bridgehead atoms. The number of rotatable bonds is 6. The zero-order valence-corrected chi connectivity index (χ0v) is 11.8. The van der Waals surface area contributed by atoms with Gasteiger partial charge in [-0.2, -0.15) is 0 Å². The van der Waals surface area contributed by atoms with Crippen LogP contribution in [-0.4, -0.2) is 59.4 Å². The topological polar surface area (TPSA) is 70.1 Å². The molecule has 0 rings (SSSR count). The summed E-state index contributed by atoms with van der Waals surface area (Å²) in [5, 5.41) is 9.01. The number of carboxylic acid groups (broad SMARTS) is 1. The lowest BCUT2D eigenvalue weighted by molar-refractivity contribution is 0.0918. The highest BCUT2D eigenvalue weighted by atomic mass is 16.6. The molecule has 0 aromatic rings. The number of hydrogen-bond acceptors (Lipinski definition) is 3. The van der Waals surface area contributed by atoms with Crippen LogP contribution in [0.2, 0.25) is 0 Å². The maximum atomic E-state index is 11.5. The summed E-state index contributed by atoms with van der Waals surface area (Å²) in [6.45, 7) is 8.04. The van der Waals surface area contributed by atoms with Gasteiger partial charge in [-0.3, -0.25) is 0 Å². The van der Waals surface area contributed by atoms with Crippen molar-refractivity contribution < 1.29 is 19.4 Å². The SMILES string of the molecule is CCOC(=O)N(C)C(C)CC(C)N(CC)C(=O)O. The molecule has 2 atom stereocenters. The van der Waals surface area contributed by atoms with Crippen LogP contribution in [-0.2, 0) is 4.74 Å². The minimum Gasteiger partial charge on any atom is -0.465 e. The Hall–Kier alpha value is -1.46. The van der Waals surface area contributed by atoms with Gasteiger partial charge in [0.1, 0.15) is 0 Å². The summed E-state index contributed by atoms with van der Waals surface area (Å²) < 4.78 is 4.90. The van der Waals surface area contributed by atoms with Gasteiger partial charge in [0.25, 0.3) is 0 Å². The van der Waals surface area contributed by atoms with Crippen molar-refractivity contribution in [1.82, 2.24) is 9.80 Å². The first-order chi connectivity index (χ1) is 8.34. The van der Waals surface area contributed by atoms with Crippen molar-refractivity contribution >= 4 is 12.2 Å². The van der Waals surface area contributed by atoms with Gasteiger partial charge in [-0.1, -0.05) is 0 Å². The normalized spacial score (nSPS) is 13.6. The van der Waals surface area contributed by atoms with Crippen LogP contribution in [0, 0.1) is 0 Å². The van der Waals surface area contributed by atoms with Gasteiger partial charge in [-0.05, 0) is 34.1 Å². The van der Waals surface area contributed by atoms with Gasteiger partial charge in [0.2, 0.25) is 0 Å². The molecule has 0 aliphatic rings. The summed E-state index contributed by atoms with van der Waals surface area (Å²) in [5.74, 6) is 0. The van der Waals surface area contributed by atoms with E-state index in [1.807, 2.05) is 13.8 Å². The fourth-order valence-electron chi connectivity index (χ4n) is 1.82. The third-order valence-corrected chi connectivity index (χ3v) is 3.02. The third-order valence-electron chi connectivity index (χ3n) is 3.02. The number of ether oxygens (including phenoxy) is 1. The lowest BCUT2D eigenvalue weighted by Crippen LogP contribution is -2.43. The van der Waals surface area contributed by atoms with Crippen molar-refractivity contribution in [3.8, 4) is 0 Å². The Labute approximate surface area is 109 Å². The molecule has 1 N–H and O–H groups in total. The van der Waals surface area contributed by atoms with Gasteiger partial charge in [-0.25, -0.2) is 9.59 Å². The molecule has 6 nitrogen and oxygen atoms in total. The second-order valence-electron chi connectivity index (χ2n) is 4.31. The van der Waals surface area contributed by atoms with E-state index < -0.39 is 6.09 Å². The van der Waals surface area contributed by atoms with Crippen LogP contribution in [0.25, 0.3) is 0 Å². The van der Waals surface area contributed by atoms with Gasteiger partial charge in [0.05, 0.1) is 6.61 Å². The zero-order valence-electron chi connectivity index (χ0n) is 11.8. The number of carbonyl (C=O) groups is 2. The molecule has 0 aliphatic heterocycles. The molecule has 106 valence electrons. The van der Waals surface area contributed by atoms with Crippen LogP contribution >= 0.6 is 0 Å². The van der Waals surface area contributed by atoms with Crippen LogP contribution in [0.5, 0.6) is 0 Å². The first kappa shape index (κ1) is 16.5. The molecule has 0 heterocycles. The highest BCUT2D eigenvalue weighted by Crippen LogP contribution is 2.11. The van der Waals surface area contributed by atoms with E-state index in [1.54, 1.807) is 20.9 Å². The number of nitrogens with zero attached hydrogens (tertiary/aromatic N) is 2. The van der Waals surface area contributed by atoms with E-state index in [0.717, 1.165) is 0 Å². The second kappa shape index (κ2) is 7.79. The number of amides is 2. The Morgan fingerprint density at radius 2 is 1.78 bits per heavy atom.